The van der Waals surface area contributed by atoms with Crippen LogP contribution in [0.1, 0.15) is 35.2 Å². The Balaban J connectivity index is 1.85. The zero-order valence-electron chi connectivity index (χ0n) is 12.8. The molecule has 2 N–H and O–H groups in total. The normalized spacial score (nSPS) is 18.5. The van der Waals surface area contributed by atoms with Crippen molar-refractivity contribution in [3.05, 3.63) is 42.0 Å². The van der Waals surface area contributed by atoms with E-state index < -0.39 is 0 Å². The number of carbonyl (C=O) groups is 1. The number of aryl methyl sites for hydroxylation is 1. The minimum Gasteiger partial charge on any atom is -0.334 e. The number of hydrogen-bond donors (Lipinski definition) is 1. The second kappa shape index (κ2) is 6.27. The Morgan fingerprint density at radius 1 is 1.41 bits per heavy atom. The molecule has 0 aliphatic carbocycles. The van der Waals surface area contributed by atoms with Gasteiger partial charge >= 0.3 is 0 Å². The Morgan fingerprint density at radius 3 is 2.95 bits per heavy atom. The summed E-state index contributed by atoms with van der Waals surface area (Å²) in [5, 5.41) is 4.13. The highest BCUT2D eigenvalue weighted by atomic mass is 16.2. The molecule has 1 fully saturated rings. The van der Waals surface area contributed by atoms with Gasteiger partial charge in [0.2, 0.25) is 0 Å². The third kappa shape index (κ3) is 2.74. The van der Waals surface area contributed by atoms with Crippen LogP contribution in [-0.4, -0.2) is 44.7 Å². The molecule has 3 rings (SSSR count). The summed E-state index contributed by atoms with van der Waals surface area (Å²) in [6.45, 7) is 3.30. The predicted molar refractivity (Wildman–Crippen MR) is 83.8 cm³/mol. The van der Waals surface area contributed by atoms with Crippen LogP contribution in [-0.2, 0) is 0 Å². The van der Waals surface area contributed by atoms with Crippen molar-refractivity contribution in [2.24, 2.45) is 5.73 Å². The third-order valence-electron chi connectivity index (χ3n) is 4.27. The molecule has 0 spiro atoms. The van der Waals surface area contributed by atoms with Gasteiger partial charge in [-0.3, -0.25) is 4.79 Å². The van der Waals surface area contributed by atoms with Crippen molar-refractivity contribution in [2.45, 2.75) is 32.2 Å². The van der Waals surface area contributed by atoms with Gasteiger partial charge in [-0.1, -0.05) is 0 Å². The summed E-state index contributed by atoms with van der Waals surface area (Å²) in [5.74, 6) is 0.0726. The fourth-order valence-electron chi connectivity index (χ4n) is 3.06. The Morgan fingerprint density at radius 2 is 2.27 bits per heavy atom. The van der Waals surface area contributed by atoms with E-state index >= 15 is 0 Å². The Kier molecular flexibility index (Phi) is 4.20. The first-order valence-electron chi connectivity index (χ1n) is 7.67. The van der Waals surface area contributed by atoms with E-state index in [4.69, 9.17) is 5.73 Å². The lowest BCUT2D eigenvalue weighted by Crippen LogP contribution is -2.47. The number of likely N-dealkylation sites (tertiary alicyclic amines) is 1. The molecular weight excluding hydrogens is 278 g/mol. The van der Waals surface area contributed by atoms with Gasteiger partial charge in [-0.15, -0.1) is 0 Å². The number of hydrogen-bond acceptors (Lipinski definition) is 4. The van der Waals surface area contributed by atoms with Gasteiger partial charge in [0, 0.05) is 24.7 Å². The average Bonchev–Trinajstić information content (AvgIpc) is 3.08. The van der Waals surface area contributed by atoms with Crippen molar-refractivity contribution in [1.29, 1.82) is 0 Å². The maximum absolute atomic E-state index is 12.8. The molecular formula is C16H21N5O. The van der Waals surface area contributed by atoms with Gasteiger partial charge in [-0.25, -0.2) is 9.67 Å². The van der Waals surface area contributed by atoms with Gasteiger partial charge in [0.05, 0.1) is 5.69 Å². The molecule has 1 amide bonds. The van der Waals surface area contributed by atoms with Gasteiger partial charge in [0.15, 0.2) is 0 Å². The van der Waals surface area contributed by atoms with E-state index in [-0.39, 0.29) is 11.9 Å². The van der Waals surface area contributed by atoms with Crippen LogP contribution in [0.25, 0.3) is 5.69 Å². The third-order valence-corrected chi connectivity index (χ3v) is 4.27. The van der Waals surface area contributed by atoms with Crippen molar-refractivity contribution in [2.75, 3.05) is 13.1 Å². The maximum Gasteiger partial charge on any atom is 0.254 e. The molecule has 1 aromatic carbocycles. The van der Waals surface area contributed by atoms with Gasteiger partial charge in [-0.2, -0.15) is 5.10 Å². The second-order valence-corrected chi connectivity index (χ2v) is 5.73. The molecule has 1 saturated heterocycles. The van der Waals surface area contributed by atoms with Crippen LogP contribution in [0.3, 0.4) is 0 Å². The number of piperidine rings is 1. The van der Waals surface area contributed by atoms with E-state index in [1.54, 1.807) is 11.0 Å². The monoisotopic (exact) mass is 299 g/mol. The highest BCUT2D eigenvalue weighted by Crippen LogP contribution is 2.21. The number of nitrogens with zero attached hydrogens (tertiary/aromatic N) is 4. The van der Waals surface area contributed by atoms with Gasteiger partial charge in [-0.05, 0) is 49.9 Å². The van der Waals surface area contributed by atoms with E-state index in [1.807, 2.05) is 30.0 Å². The minimum absolute atomic E-state index is 0.0726. The molecule has 22 heavy (non-hydrogen) atoms. The zero-order valence-corrected chi connectivity index (χ0v) is 12.8. The number of nitrogens with two attached hydrogens (primary N) is 1. The summed E-state index contributed by atoms with van der Waals surface area (Å²) >= 11 is 0. The van der Waals surface area contributed by atoms with Gasteiger partial charge < -0.3 is 10.6 Å². The molecule has 1 aliphatic heterocycles. The summed E-state index contributed by atoms with van der Waals surface area (Å²) in [5.41, 5.74) is 8.46. The first-order chi connectivity index (χ1) is 10.7. The molecule has 0 bridgehead atoms. The molecule has 1 aliphatic rings. The summed E-state index contributed by atoms with van der Waals surface area (Å²) in [7, 11) is 0. The van der Waals surface area contributed by atoms with Crippen molar-refractivity contribution >= 4 is 5.91 Å². The zero-order chi connectivity index (χ0) is 15.5. The Bertz CT molecular complexity index is 653. The van der Waals surface area contributed by atoms with Crippen LogP contribution in [0.4, 0.5) is 0 Å². The molecule has 6 nitrogen and oxygen atoms in total. The Labute approximate surface area is 129 Å². The van der Waals surface area contributed by atoms with E-state index in [0.717, 1.165) is 37.1 Å². The van der Waals surface area contributed by atoms with E-state index in [1.165, 1.54) is 6.33 Å². The lowest BCUT2D eigenvalue weighted by atomic mass is 10.00. The first kappa shape index (κ1) is 14.7. The van der Waals surface area contributed by atoms with Crippen molar-refractivity contribution in [3.63, 3.8) is 0 Å². The first-order valence-corrected chi connectivity index (χ1v) is 7.67. The summed E-state index contributed by atoms with van der Waals surface area (Å²) in [6.07, 6.45) is 6.35. The van der Waals surface area contributed by atoms with Gasteiger partial charge in [0.1, 0.15) is 12.7 Å². The number of benzene rings is 1. The summed E-state index contributed by atoms with van der Waals surface area (Å²) in [6, 6.07) is 5.85. The summed E-state index contributed by atoms with van der Waals surface area (Å²) in [4.78, 5) is 18.6. The standard InChI is InChI=1S/C16H21N5O/c1-12-8-13(5-6-15(12)21-11-18-10-19-21)16(22)20-7-3-2-4-14(20)9-17/h5-6,8,10-11,14H,2-4,7,9,17H2,1H3/t14-/m1/s1. The fourth-order valence-corrected chi connectivity index (χ4v) is 3.06. The number of rotatable bonds is 3. The number of aromatic nitrogens is 3. The lowest BCUT2D eigenvalue weighted by molar-refractivity contribution is 0.0623. The van der Waals surface area contributed by atoms with E-state index in [0.29, 0.717) is 12.1 Å². The van der Waals surface area contributed by atoms with Crippen LogP contribution in [0.15, 0.2) is 30.9 Å². The fraction of sp³-hybridized carbons (Fsp3) is 0.438. The maximum atomic E-state index is 12.8. The van der Waals surface area contributed by atoms with Crippen LogP contribution in [0.2, 0.25) is 0 Å². The average molecular weight is 299 g/mol. The smallest absolute Gasteiger partial charge is 0.254 e. The van der Waals surface area contributed by atoms with E-state index in [2.05, 4.69) is 10.1 Å². The van der Waals surface area contributed by atoms with Gasteiger partial charge in [0.25, 0.3) is 5.91 Å². The summed E-state index contributed by atoms with van der Waals surface area (Å²) < 4.78 is 1.70. The number of amides is 1. The van der Waals surface area contributed by atoms with Crippen LogP contribution < -0.4 is 5.73 Å². The quantitative estimate of drug-likeness (QED) is 0.932. The van der Waals surface area contributed by atoms with Crippen molar-refractivity contribution in [3.8, 4) is 5.69 Å². The predicted octanol–water partition coefficient (Wildman–Crippen LogP) is 1.53. The Hall–Kier alpha value is -2.21. The molecule has 116 valence electrons. The molecule has 0 radical (unpaired) electrons. The number of carbonyl (C=O) groups excluding carboxylic acids is 1. The minimum atomic E-state index is 0.0726. The second-order valence-electron chi connectivity index (χ2n) is 5.73. The SMILES string of the molecule is Cc1cc(C(=O)N2CCCC[C@@H]2CN)ccc1-n1cncn1. The van der Waals surface area contributed by atoms with Crippen LogP contribution >= 0.6 is 0 Å². The molecule has 0 saturated carbocycles. The van der Waals surface area contributed by atoms with Crippen LogP contribution in [0.5, 0.6) is 0 Å². The molecule has 2 heterocycles. The highest BCUT2D eigenvalue weighted by Gasteiger charge is 2.26. The highest BCUT2D eigenvalue weighted by molar-refractivity contribution is 5.95. The largest absolute Gasteiger partial charge is 0.334 e. The van der Waals surface area contributed by atoms with Crippen molar-refractivity contribution in [1.82, 2.24) is 19.7 Å². The topological polar surface area (TPSA) is 77.0 Å². The lowest BCUT2D eigenvalue weighted by Gasteiger charge is -2.35. The molecule has 1 atom stereocenters. The molecule has 1 aromatic heterocycles. The van der Waals surface area contributed by atoms with Crippen molar-refractivity contribution < 1.29 is 4.79 Å². The molecule has 6 heteroatoms. The molecule has 2 aromatic rings. The van der Waals surface area contributed by atoms with Crippen LogP contribution in [0, 0.1) is 6.92 Å². The van der Waals surface area contributed by atoms with E-state index in [9.17, 15) is 4.79 Å². The molecule has 0 unspecified atom stereocenters.